The predicted molar refractivity (Wildman–Crippen MR) is 64.8 cm³/mol. The number of hydrogen-bond donors (Lipinski definition) is 0. The van der Waals surface area contributed by atoms with Crippen LogP contribution in [-0.4, -0.2) is 20.3 Å². The summed E-state index contributed by atoms with van der Waals surface area (Å²) in [4.78, 5) is 0. The van der Waals surface area contributed by atoms with E-state index in [1.165, 1.54) is 11.1 Å². The zero-order valence-corrected chi connectivity index (χ0v) is 10.5. The van der Waals surface area contributed by atoms with Crippen LogP contribution in [0.2, 0.25) is 0 Å². The molecule has 3 heteroatoms. The van der Waals surface area contributed by atoms with E-state index in [4.69, 9.17) is 14.2 Å². The molecule has 0 aromatic heterocycles. The summed E-state index contributed by atoms with van der Waals surface area (Å²) >= 11 is 0. The van der Waals surface area contributed by atoms with Crippen LogP contribution in [0.4, 0.5) is 0 Å². The van der Waals surface area contributed by atoms with Crippen LogP contribution < -0.4 is 9.47 Å². The Hall–Kier alpha value is -1.22. The van der Waals surface area contributed by atoms with Gasteiger partial charge in [-0.05, 0) is 36.1 Å². The van der Waals surface area contributed by atoms with Gasteiger partial charge in [0.05, 0.1) is 26.4 Å². The van der Waals surface area contributed by atoms with Crippen LogP contribution in [0, 0.1) is 0 Å². The number of rotatable bonds is 2. The molecule has 3 rings (SSSR count). The molecule has 1 fully saturated rings. The maximum atomic E-state index is 6.01. The first-order valence-corrected chi connectivity index (χ1v) is 6.16. The normalized spacial score (nSPS) is 29.9. The van der Waals surface area contributed by atoms with Gasteiger partial charge in [0.1, 0.15) is 0 Å². The molecule has 0 radical (unpaired) electrons. The molecule has 1 aromatic rings. The molecule has 0 aliphatic carbocycles. The number of methoxy groups -OCH3 is 2. The van der Waals surface area contributed by atoms with Crippen molar-refractivity contribution < 1.29 is 14.2 Å². The number of hydrogen-bond acceptors (Lipinski definition) is 3. The van der Waals surface area contributed by atoms with Crippen molar-refractivity contribution in [2.24, 2.45) is 0 Å². The predicted octanol–water partition coefficient (Wildman–Crippen LogP) is 3.04. The molecular weight excluding hydrogens is 216 g/mol. The second-order valence-electron chi connectivity index (χ2n) is 4.87. The van der Waals surface area contributed by atoms with Crippen LogP contribution in [-0.2, 0) is 4.74 Å². The summed E-state index contributed by atoms with van der Waals surface area (Å²) in [5.74, 6) is 2.07. The van der Waals surface area contributed by atoms with Crippen LogP contribution in [0.15, 0.2) is 12.1 Å². The molecule has 2 aliphatic heterocycles. The summed E-state index contributed by atoms with van der Waals surface area (Å²) in [6, 6.07) is 4.20. The van der Waals surface area contributed by atoms with Crippen molar-refractivity contribution in [3.8, 4) is 11.5 Å². The fraction of sp³-hybridized carbons (Fsp3) is 0.571. The van der Waals surface area contributed by atoms with Crippen molar-refractivity contribution in [2.45, 2.75) is 37.9 Å². The Morgan fingerprint density at radius 2 is 1.71 bits per heavy atom. The van der Waals surface area contributed by atoms with Gasteiger partial charge in [-0.15, -0.1) is 0 Å². The average molecular weight is 234 g/mol. The van der Waals surface area contributed by atoms with Crippen molar-refractivity contribution in [3.05, 3.63) is 23.3 Å². The molecule has 3 atom stereocenters. The standard InChI is InChI=1S/C14H18O3/c1-8-9-6-13(15-2)14(16-3)7-10(9)12-5-4-11(8)17-12/h6-8,11-12H,4-5H2,1-3H3/t8-,11-,12+/m0/s1. The lowest BCUT2D eigenvalue weighted by Crippen LogP contribution is -2.22. The highest BCUT2D eigenvalue weighted by Crippen LogP contribution is 2.49. The summed E-state index contributed by atoms with van der Waals surface area (Å²) in [7, 11) is 3.36. The fourth-order valence-electron chi connectivity index (χ4n) is 3.04. The smallest absolute Gasteiger partial charge is 0.161 e. The quantitative estimate of drug-likeness (QED) is 0.787. The molecule has 0 amide bonds. The highest BCUT2D eigenvalue weighted by atomic mass is 16.5. The zero-order valence-electron chi connectivity index (χ0n) is 10.5. The second kappa shape index (κ2) is 3.91. The molecule has 2 bridgehead atoms. The Morgan fingerprint density at radius 1 is 1.06 bits per heavy atom. The van der Waals surface area contributed by atoms with Crippen LogP contribution >= 0.6 is 0 Å². The van der Waals surface area contributed by atoms with E-state index in [2.05, 4.69) is 19.1 Å². The van der Waals surface area contributed by atoms with E-state index in [-0.39, 0.29) is 6.10 Å². The number of ether oxygens (including phenoxy) is 3. The van der Waals surface area contributed by atoms with Gasteiger partial charge in [-0.3, -0.25) is 0 Å². The monoisotopic (exact) mass is 234 g/mol. The Bertz CT molecular complexity index is 418. The Labute approximate surface area is 102 Å². The minimum atomic E-state index is 0.256. The molecule has 3 nitrogen and oxygen atoms in total. The maximum absolute atomic E-state index is 6.01. The molecule has 92 valence electrons. The van der Waals surface area contributed by atoms with E-state index in [0.717, 1.165) is 24.3 Å². The molecule has 2 aliphatic rings. The van der Waals surface area contributed by atoms with Gasteiger partial charge < -0.3 is 14.2 Å². The van der Waals surface area contributed by atoms with Gasteiger partial charge in [-0.2, -0.15) is 0 Å². The Balaban J connectivity index is 2.13. The van der Waals surface area contributed by atoms with Crippen LogP contribution in [0.3, 0.4) is 0 Å². The fourth-order valence-corrected chi connectivity index (χ4v) is 3.04. The van der Waals surface area contributed by atoms with Crippen molar-refractivity contribution in [2.75, 3.05) is 14.2 Å². The Morgan fingerprint density at radius 3 is 2.35 bits per heavy atom. The lowest BCUT2D eigenvalue weighted by Gasteiger charge is -2.30. The third-order valence-electron chi connectivity index (χ3n) is 4.04. The second-order valence-corrected chi connectivity index (χ2v) is 4.87. The topological polar surface area (TPSA) is 27.7 Å². The van der Waals surface area contributed by atoms with Crippen molar-refractivity contribution in [1.29, 1.82) is 0 Å². The average Bonchev–Trinajstić information content (AvgIpc) is 2.81. The van der Waals surface area contributed by atoms with Gasteiger partial charge in [-0.25, -0.2) is 0 Å². The van der Waals surface area contributed by atoms with E-state index in [1.807, 2.05) is 0 Å². The summed E-state index contributed by atoms with van der Waals surface area (Å²) in [6.07, 6.45) is 2.92. The van der Waals surface area contributed by atoms with E-state index >= 15 is 0 Å². The largest absolute Gasteiger partial charge is 0.493 e. The minimum Gasteiger partial charge on any atom is -0.493 e. The molecule has 1 aromatic carbocycles. The number of fused-ring (bicyclic) bond motifs is 4. The first-order chi connectivity index (χ1) is 8.24. The van der Waals surface area contributed by atoms with Crippen LogP contribution in [0.5, 0.6) is 11.5 Å². The van der Waals surface area contributed by atoms with Gasteiger partial charge in [0.25, 0.3) is 0 Å². The van der Waals surface area contributed by atoms with Crippen LogP contribution in [0.25, 0.3) is 0 Å². The van der Waals surface area contributed by atoms with Crippen LogP contribution in [0.1, 0.15) is 42.9 Å². The van der Waals surface area contributed by atoms with Crippen molar-refractivity contribution >= 4 is 0 Å². The lowest BCUT2D eigenvalue weighted by atomic mass is 9.89. The van der Waals surface area contributed by atoms with E-state index < -0.39 is 0 Å². The molecule has 0 unspecified atom stereocenters. The highest BCUT2D eigenvalue weighted by Gasteiger charge is 2.39. The summed E-state index contributed by atoms with van der Waals surface area (Å²) in [5, 5.41) is 0. The minimum absolute atomic E-state index is 0.256. The molecule has 0 saturated carbocycles. The SMILES string of the molecule is COc1cc2c(cc1OC)[C@H](C)[C@@H]1CC[C@H]2O1. The summed E-state index contributed by atoms with van der Waals surface area (Å²) in [6.45, 7) is 2.23. The molecule has 0 spiro atoms. The number of benzene rings is 1. The van der Waals surface area contributed by atoms with E-state index in [1.54, 1.807) is 14.2 Å². The van der Waals surface area contributed by atoms with E-state index in [0.29, 0.717) is 12.0 Å². The first-order valence-electron chi connectivity index (χ1n) is 6.16. The maximum Gasteiger partial charge on any atom is 0.161 e. The van der Waals surface area contributed by atoms with E-state index in [9.17, 15) is 0 Å². The summed E-state index contributed by atoms with van der Waals surface area (Å²) < 4.78 is 16.8. The molecule has 2 heterocycles. The molecule has 1 saturated heterocycles. The molecule has 17 heavy (non-hydrogen) atoms. The lowest BCUT2D eigenvalue weighted by molar-refractivity contribution is 0.0171. The molecule has 0 N–H and O–H groups in total. The van der Waals surface area contributed by atoms with Gasteiger partial charge in [0.15, 0.2) is 11.5 Å². The van der Waals surface area contributed by atoms with Crippen molar-refractivity contribution in [3.63, 3.8) is 0 Å². The summed E-state index contributed by atoms with van der Waals surface area (Å²) in [5.41, 5.74) is 2.64. The third kappa shape index (κ3) is 1.53. The highest BCUT2D eigenvalue weighted by molar-refractivity contribution is 5.50. The third-order valence-corrected chi connectivity index (χ3v) is 4.04. The first kappa shape index (κ1) is 10.9. The zero-order chi connectivity index (χ0) is 12.0. The van der Waals surface area contributed by atoms with Crippen molar-refractivity contribution in [1.82, 2.24) is 0 Å². The van der Waals surface area contributed by atoms with Gasteiger partial charge in [0, 0.05) is 5.92 Å². The molecular formula is C14H18O3. The van der Waals surface area contributed by atoms with Gasteiger partial charge in [-0.1, -0.05) is 6.92 Å². The Kier molecular flexibility index (Phi) is 2.51. The van der Waals surface area contributed by atoms with Gasteiger partial charge in [0.2, 0.25) is 0 Å². The van der Waals surface area contributed by atoms with Gasteiger partial charge >= 0.3 is 0 Å².